The quantitative estimate of drug-likeness (QED) is 0.669. The summed E-state index contributed by atoms with van der Waals surface area (Å²) in [5.74, 6) is -0.548. The third kappa shape index (κ3) is 4.20. The first-order chi connectivity index (χ1) is 10.6. The summed E-state index contributed by atoms with van der Waals surface area (Å²) in [4.78, 5) is 26.6. The smallest absolute Gasteiger partial charge is 0.255 e. The number of hydrogen-bond donors (Lipinski definition) is 3. The third-order valence-corrected chi connectivity index (χ3v) is 2.84. The molecule has 0 saturated carbocycles. The maximum atomic E-state index is 12.1. The molecule has 114 valence electrons. The van der Waals surface area contributed by atoms with Crippen LogP contribution in [0.15, 0.2) is 42.7 Å². The van der Waals surface area contributed by atoms with Crippen molar-refractivity contribution >= 4 is 17.5 Å². The summed E-state index contributed by atoms with van der Waals surface area (Å²) in [6, 6.07) is 8.21. The van der Waals surface area contributed by atoms with Gasteiger partial charge in [0, 0.05) is 24.5 Å². The Bertz CT molecular complexity index is 674. The van der Waals surface area contributed by atoms with Crippen LogP contribution < -0.4 is 21.5 Å². The summed E-state index contributed by atoms with van der Waals surface area (Å²) in [6.07, 6.45) is 3.31. The van der Waals surface area contributed by atoms with Crippen molar-refractivity contribution in [3.8, 4) is 5.75 Å². The summed E-state index contributed by atoms with van der Waals surface area (Å²) < 4.78 is 5.12. The number of nitrogen functional groups attached to an aromatic ring is 1. The van der Waals surface area contributed by atoms with Crippen molar-refractivity contribution in [1.82, 2.24) is 10.3 Å². The average molecular weight is 300 g/mol. The zero-order valence-corrected chi connectivity index (χ0v) is 11.8. The van der Waals surface area contributed by atoms with Crippen molar-refractivity contribution in [1.29, 1.82) is 0 Å². The number of pyridine rings is 1. The lowest BCUT2D eigenvalue weighted by molar-refractivity contribution is -0.119. The number of aromatic nitrogens is 1. The molecule has 22 heavy (non-hydrogen) atoms. The molecule has 2 rings (SSSR count). The van der Waals surface area contributed by atoms with E-state index in [1.807, 2.05) is 12.1 Å². The van der Waals surface area contributed by atoms with Gasteiger partial charge in [0.15, 0.2) is 6.61 Å². The molecule has 2 aromatic rings. The second-order valence-corrected chi connectivity index (χ2v) is 4.55. The first kappa shape index (κ1) is 15.3. The molecule has 2 amide bonds. The van der Waals surface area contributed by atoms with Crippen LogP contribution in [0.1, 0.15) is 15.9 Å². The molecule has 7 heteroatoms. The van der Waals surface area contributed by atoms with Crippen LogP contribution in [0, 0.1) is 0 Å². The summed E-state index contributed by atoms with van der Waals surface area (Å²) in [5.41, 5.74) is 12.4. The molecule has 1 heterocycles. The Hall–Kier alpha value is -3.09. The number of anilines is 1. The van der Waals surface area contributed by atoms with E-state index in [9.17, 15) is 9.59 Å². The minimum Gasteiger partial charge on any atom is -0.482 e. The summed E-state index contributed by atoms with van der Waals surface area (Å²) >= 11 is 0. The van der Waals surface area contributed by atoms with Gasteiger partial charge >= 0.3 is 0 Å². The largest absolute Gasteiger partial charge is 0.482 e. The number of hydrogen-bond acceptors (Lipinski definition) is 5. The molecule has 0 spiro atoms. The molecule has 0 aliphatic carbocycles. The molecule has 0 aliphatic heterocycles. The molecule has 1 aromatic heterocycles. The highest BCUT2D eigenvalue weighted by atomic mass is 16.5. The molecule has 5 N–H and O–H groups in total. The molecule has 0 unspecified atom stereocenters. The fraction of sp³-hybridized carbons (Fsp3) is 0.133. The molecule has 1 aromatic carbocycles. The number of nitrogens with zero attached hydrogens (tertiary/aromatic N) is 1. The first-order valence-electron chi connectivity index (χ1n) is 6.54. The number of amides is 2. The molecular weight excluding hydrogens is 284 g/mol. The number of primary amides is 1. The Morgan fingerprint density at radius 1 is 1.18 bits per heavy atom. The summed E-state index contributed by atoms with van der Waals surface area (Å²) in [6.45, 7) is 0.124. The number of nitrogens with two attached hydrogens (primary N) is 2. The topological polar surface area (TPSA) is 120 Å². The lowest BCUT2D eigenvalue weighted by atomic mass is 10.1. The third-order valence-electron chi connectivity index (χ3n) is 2.84. The highest BCUT2D eigenvalue weighted by molar-refractivity contribution is 5.95. The standard InChI is InChI=1S/C15H16N4O3/c16-12-7-11(1-2-13(12)22-9-14(17)20)15(21)19-8-10-3-5-18-6-4-10/h1-7H,8-9,16H2,(H2,17,20)(H,19,21). The van der Waals surface area contributed by atoms with Crippen LogP contribution in [0.4, 0.5) is 5.69 Å². The van der Waals surface area contributed by atoms with Gasteiger partial charge in [-0.25, -0.2) is 0 Å². The Morgan fingerprint density at radius 3 is 2.55 bits per heavy atom. The zero-order valence-electron chi connectivity index (χ0n) is 11.8. The Labute approximate surface area is 127 Å². The normalized spacial score (nSPS) is 10.0. The van der Waals surface area contributed by atoms with Crippen LogP contribution >= 0.6 is 0 Å². The second kappa shape index (κ2) is 7.07. The second-order valence-electron chi connectivity index (χ2n) is 4.55. The van der Waals surface area contributed by atoms with Crippen molar-refractivity contribution in [2.45, 2.75) is 6.54 Å². The number of carbonyl (C=O) groups is 2. The van der Waals surface area contributed by atoms with E-state index in [0.29, 0.717) is 17.9 Å². The molecule has 0 aliphatic rings. The van der Waals surface area contributed by atoms with E-state index in [0.717, 1.165) is 5.56 Å². The predicted octanol–water partition coefficient (Wildman–Crippen LogP) is 0.458. The van der Waals surface area contributed by atoms with E-state index < -0.39 is 5.91 Å². The van der Waals surface area contributed by atoms with Crippen molar-refractivity contribution < 1.29 is 14.3 Å². The van der Waals surface area contributed by atoms with Gasteiger partial charge in [0.1, 0.15) is 5.75 Å². The van der Waals surface area contributed by atoms with Crippen LogP contribution in [0.25, 0.3) is 0 Å². The molecule has 0 saturated heterocycles. The van der Waals surface area contributed by atoms with Gasteiger partial charge < -0.3 is 21.5 Å². The first-order valence-corrected chi connectivity index (χ1v) is 6.54. The lowest BCUT2D eigenvalue weighted by Crippen LogP contribution is -2.23. The van der Waals surface area contributed by atoms with Gasteiger partial charge in [0.05, 0.1) is 5.69 Å². The molecular formula is C15H16N4O3. The van der Waals surface area contributed by atoms with E-state index in [-0.39, 0.29) is 18.2 Å². The van der Waals surface area contributed by atoms with E-state index in [4.69, 9.17) is 16.2 Å². The summed E-state index contributed by atoms with van der Waals surface area (Å²) in [5, 5.41) is 2.77. The number of rotatable bonds is 6. The van der Waals surface area contributed by atoms with Crippen LogP contribution in [0.5, 0.6) is 5.75 Å². The van der Waals surface area contributed by atoms with Crippen LogP contribution in [-0.2, 0) is 11.3 Å². The number of nitrogens with one attached hydrogen (secondary N) is 1. The Kier molecular flexibility index (Phi) is 4.92. The molecule has 0 fully saturated rings. The van der Waals surface area contributed by atoms with Gasteiger partial charge in [-0.05, 0) is 35.9 Å². The van der Waals surface area contributed by atoms with Gasteiger partial charge in [-0.3, -0.25) is 14.6 Å². The molecule has 0 radical (unpaired) electrons. The number of carbonyl (C=O) groups excluding carboxylic acids is 2. The lowest BCUT2D eigenvalue weighted by Gasteiger charge is -2.09. The van der Waals surface area contributed by atoms with Gasteiger partial charge in [-0.15, -0.1) is 0 Å². The molecule has 0 atom stereocenters. The predicted molar refractivity (Wildman–Crippen MR) is 81.0 cm³/mol. The molecule has 0 bridgehead atoms. The fourth-order valence-corrected chi connectivity index (χ4v) is 1.76. The van der Waals surface area contributed by atoms with Crippen molar-refractivity contribution in [2.24, 2.45) is 5.73 Å². The Balaban J connectivity index is 1.98. The average Bonchev–Trinajstić information content (AvgIpc) is 2.52. The van der Waals surface area contributed by atoms with Gasteiger partial charge in [-0.1, -0.05) is 0 Å². The van der Waals surface area contributed by atoms with E-state index in [1.54, 1.807) is 18.5 Å². The van der Waals surface area contributed by atoms with E-state index >= 15 is 0 Å². The maximum Gasteiger partial charge on any atom is 0.255 e. The van der Waals surface area contributed by atoms with Crippen molar-refractivity contribution in [3.05, 3.63) is 53.9 Å². The SMILES string of the molecule is NC(=O)COc1ccc(C(=O)NCc2ccncc2)cc1N. The minimum atomic E-state index is -0.599. The van der Waals surface area contributed by atoms with Crippen molar-refractivity contribution in [2.75, 3.05) is 12.3 Å². The minimum absolute atomic E-state index is 0.259. The van der Waals surface area contributed by atoms with Crippen LogP contribution in [0.3, 0.4) is 0 Å². The van der Waals surface area contributed by atoms with Gasteiger partial charge in [-0.2, -0.15) is 0 Å². The van der Waals surface area contributed by atoms with Crippen LogP contribution in [-0.4, -0.2) is 23.4 Å². The number of benzene rings is 1. The zero-order chi connectivity index (χ0) is 15.9. The maximum absolute atomic E-state index is 12.1. The fourth-order valence-electron chi connectivity index (χ4n) is 1.76. The monoisotopic (exact) mass is 300 g/mol. The Morgan fingerprint density at radius 2 is 1.91 bits per heavy atom. The highest BCUT2D eigenvalue weighted by Gasteiger charge is 2.09. The van der Waals surface area contributed by atoms with Crippen molar-refractivity contribution in [3.63, 3.8) is 0 Å². The van der Waals surface area contributed by atoms with Crippen LogP contribution in [0.2, 0.25) is 0 Å². The summed E-state index contributed by atoms with van der Waals surface area (Å²) in [7, 11) is 0. The van der Waals surface area contributed by atoms with Gasteiger partial charge in [0.2, 0.25) is 0 Å². The molecule has 7 nitrogen and oxygen atoms in total. The highest BCUT2D eigenvalue weighted by Crippen LogP contribution is 2.22. The van der Waals surface area contributed by atoms with E-state index in [1.165, 1.54) is 12.1 Å². The number of ether oxygens (including phenoxy) is 1. The van der Waals surface area contributed by atoms with Gasteiger partial charge in [0.25, 0.3) is 11.8 Å². The van der Waals surface area contributed by atoms with E-state index in [2.05, 4.69) is 10.3 Å².